The molecule has 0 saturated heterocycles. The van der Waals surface area contributed by atoms with E-state index in [1.165, 1.54) is 36.4 Å². The Morgan fingerprint density at radius 3 is 0.904 bits per heavy atom. The van der Waals surface area contributed by atoms with E-state index in [4.69, 9.17) is 97.6 Å². The van der Waals surface area contributed by atoms with Gasteiger partial charge in [0.15, 0.2) is 12.2 Å². The van der Waals surface area contributed by atoms with Gasteiger partial charge < -0.3 is 54.0 Å². The molecule has 6 aromatic carbocycles. The monoisotopic (exact) mass is 1120 g/mol. The summed E-state index contributed by atoms with van der Waals surface area (Å²) in [5, 5.41) is 44.1. The maximum atomic E-state index is 12.5. The summed E-state index contributed by atoms with van der Waals surface area (Å²) in [6.45, 7) is 0. The lowest BCUT2D eigenvalue weighted by molar-refractivity contribution is -0.127. The maximum absolute atomic E-state index is 12.5. The van der Waals surface area contributed by atoms with E-state index in [-0.39, 0.29) is 59.7 Å². The van der Waals surface area contributed by atoms with Gasteiger partial charge in [-0.3, -0.25) is 24.0 Å². The average Bonchev–Trinajstić information content (AvgIpc) is 3.34. The first-order chi connectivity index (χ1) is 34.5. The molecule has 0 heterocycles. The van der Waals surface area contributed by atoms with Crippen molar-refractivity contribution in [3.63, 3.8) is 0 Å². The van der Waals surface area contributed by atoms with Crippen LogP contribution in [0.2, 0.25) is 30.1 Å². The van der Waals surface area contributed by atoms with Crippen molar-refractivity contribution >= 4 is 105 Å². The molecule has 0 aromatic heterocycles. The van der Waals surface area contributed by atoms with E-state index in [1.54, 1.807) is 18.2 Å². The minimum Gasteiger partial charge on any atom is -0.478 e. The Morgan fingerprint density at radius 2 is 0.658 bits per heavy atom. The van der Waals surface area contributed by atoms with Crippen LogP contribution in [0.1, 0.15) is 47.8 Å². The number of carbonyl (C=O) groups is 6. The number of aromatic carboxylic acids is 1. The van der Waals surface area contributed by atoms with Crippen molar-refractivity contribution in [2.75, 3.05) is 0 Å². The van der Waals surface area contributed by atoms with Gasteiger partial charge in [-0.2, -0.15) is 0 Å². The Hall–Kier alpha value is -6.28. The molecular formula is C51H50Cl6N6O10. The fourth-order valence-electron chi connectivity index (χ4n) is 6.44. The zero-order valence-corrected chi connectivity index (χ0v) is 42.8. The van der Waals surface area contributed by atoms with Crippen LogP contribution < -0.4 is 33.6 Å². The number of nitrogens with one attached hydrogen (secondary N) is 2. The van der Waals surface area contributed by atoms with Crippen molar-refractivity contribution in [2.24, 2.45) is 22.9 Å². The molecule has 6 aromatic rings. The second-order valence-electron chi connectivity index (χ2n) is 15.5. The average molecular weight is 1120 g/mol. The van der Waals surface area contributed by atoms with Crippen LogP contribution in [0.4, 0.5) is 0 Å². The predicted octanol–water partition coefficient (Wildman–Crippen LogP) is 6.46. The van der Waals surface area contributed by atoms with E-state index >= 15 is 0 Å². The summed E-state index contributed by atoms with van der Waals surface area (Å²) in [6.07, 6.45) is -3.50. The molecule has 22 heteroatoms. The van der Waals surface area contributed by atoms with Crippen LogP contribution in [-0.4, -0.2) is 92.4 Å². The first-order valence-corrected chi connectivity index (χ1v) is 23.8. The molecule has 0 fully saturated rings. The Morgan fingerprint density at radius 1 is 0.397 bits per heavy atom. The highest BCUT2D eigenvalue weighted by Gasteiger charge is 2.29. The van der Waals surface area contributed by atoms with Crippen molar-refractivity contribution in [1.29, 1.82) is 0 Å². The number of aliphatic hydroxyl groups is 3. The number of aliphatic hydroxyl groups excluding tert-OH is 3. The molecule has 0 aliphatic rings. The van der Waals surface area contributed by atoms with Crippen LogP contribution in [0.15, 0.2) is 146 Å². The minimum atomic E-state index is -1.55. The van der Waals surface area contributed by atoms with Crippen LogP contribution in [0.25, 0.3) is 0 Å². The first kappa shape index (κ1) is 61.0. The summed E-state index contributed by atoms with van der Waals surface area (Å²) in [7, 11) is 0. The molecule has 16 nitrogen and oxygen atoms in total. The highest BCUT2D eigenvalue weighted by molar-refractivity contribution is 6.41. The Kier molecular flexibility index (Phi) is 25.6. The molecule has 73 heavy (non-hydrogen) atoms. The largest absolute Gasteiger partial charge is 0.478 e. The molecule has 0 aliphatic carbocycles. The fourth-order valence-corrected chi connectivity index (χ4v) is 8.13. The van der Waals surface area contributed by atoms with Crippen LogP contribution >= 0.6 is 69.6 Å². The first-order valence-electron chi connectivity index (χ1n) is 21.5. The van der Waals surface area contributed by atoms with Crippen LogP contribution in [0.3, 0.4) is 0 Å². The third-order valence-electron chi connectivity index (χ3n) is 10.1. The zero-order chi connectivity index (χ0) is 54.4. The standard InChI is InChI=1S/2C17H16Cl2N2O3.C10H14N2O2.C7H4Cl2O2/c2*18-11-7-4-8-12(19)14(11)17(24)21-13(15(22)16(20)23)9-10-5-2-1-3-6-10;11-8(9(13)10(12)14)6-7-4-2-1-3-5-7;8-4-2-1-3-5(9)6(4)7(10)11/h2*1-8,13,15,22H,9H2,(H2,20,23)(H,21,24);1-5,8-9,13H,6,11H2,(H2,12,14);1-3H,(H,10,11)/t2*13-,15?;8-,9?;/m000./s1. The summed E-state index contributed by atoms with van der Waals surface area (Å²) in [4.78, 5) is 68.7. The Balaban J connectivity index is 0.000000269. The number of carboxylic acid groups (broad SMARTS) is 1. The lowest BCUT2D eigenvalue weighted by Gasteiger charge is -2.23. The van der Waals surface area contributed by atoms with Gasteiger partial charge >= 0.3 is 5.97 Å². The van der Waals surface area contributed by atoms with E-state index in [9.17, 15) is 44.1 Å². The molecule has 6 atom stereocenters. The number of nitrogens with two attached hydrogens (primary N) is 4. The molecule has 386 valence electrons. The van der Waals surface area contributed by atoms with Crippen molar-refractivity contribution in [3.8, 4) is 0 Å². The topological polar surface area (TPSA) is 311 Å². The number of benzene rings is 6. The van der Waals surface area contributed by atoms with Gasteiger partial charge in [0.25, 0.3) is 11.8 Å². The molecule has 0 bridgehead atoms. The van der Waals surface area contributed by atoms with Crippen molar-refractivity contribution < 1.29 is 49.2 Å². The smallest absolute Gasteiger partial charge is 0.338 e. The predicted molar refractivity (Wildman–Crippen MR) is 283 cm³/mol. The number of hydrogen-bond acceptors (Lipinski definition) is 10. The van der Waals surface area contributed by atoms with Crippen molar-refractivity contribution in [1.82, 2.24) is 10.6 Å². The van der Waals surface area contributed by atoms with E-state index < -0.39 is 71.9 Å². The molecule has 3 unspecified atom stereocenters. The van der Waals surface area contributed by atoms with Gasteiger partial charge in [-0.25, -0.2) is 4.79 Å². The number of carbonyl (C=O) groups excluding carboxylic acids is 5. The zero-order valence-electron chi connectivity index (χ0n) is 38.3. The molecule has 0 spiro atoms. The van der Waals surface area contributed by atoms with E-state index in [1.807, 2.05) is 91.0 Å². The van der Waals surface area contributed by atoms with Gasteiger partial charge in [-0.15, -0.1) is 0 Å². The number of halogens is 6. The number of rotatable bonds is 17. The molecule has 0 radical (unpaired) electrons. The second kappa shape index (κ2) is 30.7. The number of carboxylic acids is 1. The molecule has 0 aliphatic heterocycles. The van der Waals surface area contributed by atoms with Crippen LogP contribution in [0.5, 0.6) is 0 Å². The second-order valence-corrected chi connectivity index (χ2v) is 18.0. The molecule has 14 N–H and O–H groups in total. The summed E-state index contributed by atoms with van der Waals surface area (Å²) >= 11 is 35.2. The molecule has 5 amide bonds. The van der Waals surface area contributed by atoms with Crippen LogP contribution in [0, 0.1) is 0 Å². The highest BCUT2D eigenvalue weighted by Crippen LogP contribution is 2.26. The molecule has 0 saturated carbocycles. The molecule has 6 rings (SSSR count). The van der Waals surface area contributed by atoms with E-state index in [0.29, 0.717) is 6.42 Å². The summed E-state index contributed by atoms with van der Waals surface area (Å²) in [5.74, 6) is -4.93. The van der Waals surface area contributed by atoms with E-state index in [2.05, 4.69) is 10.6 Å². The highest BCUT2D eigenvalue weighted by atomic mass is 35.5. The number of hydrogen-bond donors (Lipinski definition) is 10. The maximum Gasteiger partial charge on any atom is 0.338 e. The Labute approximate surface area is 450 Å². The van der Waals surface area contributed by atoms with Crippen molar-refractivity contribution in [3.05, 3.63) is 209 Å². The SMILES string of the molecule is NC(=O)C(O)[C@@H](N)Cc1ccccc1.NC(=O)C(O)[C@H](Cc1ccccc1)NC(=O)c1c(Cl)cccc1Cl.NC(=O)C(O)[C@H](Cc1ccccc1)NC(=O)c1c(Cl)cccc1Cl.O=C(O)c1c(Cl)cccc1Cl. The summed E-state index contributed by atoms with van der Waals surface area (Å²) in [6, 6.07) is 39.0. The van der Waals surface area contributed by atoms with Gasteiger partial charge in [0, 0.05) is 6.04 Å². The number of amides is 5. The third-order valence-corrected chi connectivity index (χ3v) is 12.0. The Bertz CT molecular complexity index is 2610. The van der Waals surface area contributed by atoms with Gasteiger partial charge in [0.2, 0.25) is 17.7 Å². The third kappa shape index (κ3) is 19.9. The van der Waals surface area contributed by atoms with Gasteiger partial charge in [0.1, 0.15) is 6.10 Å². The van der Waals surface area contributed by atoms with Gasteiger partial charge in [-0.1, -0.05) is 179 Å². The van der Waals surface area contributed by atoms with E-state index in [0.717, 1.165) is 16.7 Å². The van der Waals surface area contributed by atoms with Crippen LogP contribution in [-0.2, 0) is 33.6 Å². The summed E-state index contributed by atoms with van der Waals surface area (Å²) in [5.41, 5.74) is 23.6. The molecular weight excluding hydrogens is 1070 g/mol. The summed E-state index contributed by atoms with van der Waals surface area (Å²) < 4.78 is 0. The fraction of sp³-hybridized carbons (Fsp3) is 0.176. The number of primary amides is 3. The van der Waals surface area contributed by atoms with Gasteiger partial charge in [0.05, 0.1) is 58.9 Å². The lowest BCUT2D eigenvalue weighted by Crippen LogP contribution is -2.50. The quantitative estimate of drug-likeness (QED) is 0.0473. The normalized spacial score (nSPS) is 12.9. The van der Waals surface area contributed by atoms with Gasteiger partial charge in [-0.05, 0) is 72.4 Å². The lowest BCUT2D eigenvalue weighted by atomic mass is 10.00. The minimum absolute atomic E-state index is 0.0455. The van der Waals surface area contributed by atoms with Crippen molar-refractivity contribution in [2.45, 2.75) is 55.7 Å².